The number of carboxylic acid groups (broad SMARTS) is 1. The molecule has 2 N–H and O–H groups in total. The standard InChI is InChI=1S/C19H26N2O4/c1-13(2)18(25)21(3)12-14-5-7-15(8-6-14)17(24)20-19(9-4-10-19)11-16(22)23/h5-8,13H,4,9-12H2,1-3H3,(H,20,24)(H,22,23). The molecule has 1 aromatic carbocycles. The highest BCUT2D eigenvalue weighted by Crippen LogP contribution is 2.35. The first kappa shape index (κ1) is 19.0. The van der Waals surface area contributed by atoms with Crippen LogP contribution in [-0.4, -0.2) is 40.4 Å². The fourth-order valence-electron chi connectivity index (χ4n) is 3.11. The summed E-state index contributed by atoms with van der Waals surface area (Å²) in [4.78, 5) is 37.0. The molecule has 1 aromatic rings. The van der Waals surface area contributed by atoms with E-state index in [1.165, 1.54) is 0 Å². The summed E-state index contributed by atoms with van der Waals surface area (Å²) in [6, 6.07) is 7.07. The average molecular weight is 346 g/mol. The molecule has 6 nitrogen and oxygen atoms in total. The third kappa shape index (κ3) is 4.81. The highest BCUT2D eigenvalue weighted by Gasteiger charge is 2.40. The van der Waals surface area contributed by atoms with E-state index < -0.39 is 11.5 Å². The number of carbonyl (C=O) groups is 3. The van der Waals surface area contributed by atoms with Gasteiger partial charge in [-0.25, -0.2) is 0 Å². The SMILES string of the molecule is CC(C)C(=O)N(C)Cc1ccc(C(=O)NC2(CC(=O)O)CCC2)cc1. The van der Waals surface area contributed by atoms with Crippen LogP contribution in [0.1, 0.15) is 55.5 Å². The number of nitrogens with one attached hydrogen (secondary N) is 1. The van der Waals surface area contributed by atoms with Crippen LogP contribution in [0, 0.1) is 5.92 Å². The predicted molar refractivity (Wildman–Crippen MR) is 94.1 cm³/mol. The van der Waals surface area contributed by atoms with Crippen molar-refractivity contribution in [1.29, 1.82) is 0 Å². The summed E-state index contributed by atoms with van der Waals surface area (Å²) < 4.78 is 0. The van der Waals surface area contributed by atoms with Crippen molar-refractivity contribution >= 4 is 17.8 Å². The average Bonchev–Trinajstić information content (AvgIpc) is 2.51. The highest BCUT2D eigenvalue weighted by atomic mass is 16.4. The second-order valence-corrected chi connectivity index (χ2v) is 7.20. The van der Waals surface area contributed by atoms with Gasteiger partial charge in [0.25, 0.3) is 5.91 Å². The third-order valence-corrected chi connectivity index (χ3v) is 4.68. The molecule has 1 saturated carbocycles. The van der Waals surface area contributed by atoms with E-state index in [0.717, 1.165) is 12.0 Å². The monoisotopic (exact) mass is 346 g/mol. The van der Waals surface area contributed by atoms with E-state index in [1.807, 2.05) is 26.0 Å². The Labute approximate surface area is 148 Å². The second kappa shape index (κ2) is 7.68. The van der Waals surface area contributed by atoms with E-state index >= 15 is 0 Å². The molecule has 0 heterocycles. The predicted octanol–water partition coefficient (Wildman–Crippen LogP) is 2.43. The van der Waals surface area contributed by atoms with Crippen molar-refractivity contribution in [2.45, 2.75) is 51.6 Å². The Bertz CT molecular complexity index is 648. The van der Waals surface area contributed by atoms with Crippen molar-refractivity contribution in [2.75, 3.05) is 7.05 Å². The molecule has 0 aromatic heterocycles. The van der Waals surface area contributed by atoms with Crippen LogP contribution in [0.15, 0.2) is 24.3 Å². The number of hydrogen-bond acceptors (Lipinski definition) is 3. The normalized spacial score (nSPS) is 15.4. The van der Waals surface area contributed by atoms with Gasteiger partial charge in [0.1, 0.15) is 0 Å². The van der Waals surface area contributed by atoms with E-state index in [0.29, 0.717) is 24.9 Å². The van der Waals surface area contributed by atoms with Gasteiger partial charge >= 0.3 is 5.97 Å². The Balaban J connectivity index is 1.98. The van der Waals surface area contributed by atoms with Gasteiger partial charge in [0, 0.05) is 25.1 Å². The lowest BCUT2D eigenvalue weighted by molar-refractivity contribution is -0.139. The summed E-state index contributed by atoms with van der Waals surface area (Å²) in [5.74, 6) is -1.13. The molecule has 1 fully saturated rings. The molecule has 0 atom stereocenters. The molecular formula is C19H26N2O4. The van der Waals surface area contributed by atoms with E-state index in [9.17, 15) is 14.4 Å². The van der Waals surface area contributed by atoms with Crippen LogP contribution in [0.25, 0.3) is 0 Å². The minimum absolute atomic E-state index is 0.0427. The summed E-state index contributed by atoms with van der Waals surface area (Å²) in [7, 11) is 1.76. The molecule has 25 heavy (non-hydrogen) atoms. The molecule has 6 heteroatoms. The summed E-state index contributed by atoms with van der Waals surface area (Å²) >= 11 is 0. The molecule has 2 rings (SSSR count). The zero-order chi connectivity index (χ0) is 18.6. The summed E-state index contributed by atoms with van der Waals surface area (Å²) in [6.45, 7) is 4.21. The van der Waals surface area contributed by atoms with Crippen molar-refractivity contribution < 1.29 is 19.5 Å². The van der Waals surface area contributed by atoms with E-state index in [2.05, 4.69) is 5.32 Å². The molecule has 0 saturated heterocycles. The van der Waals surface area contributed by atoms with Crippen LogP contribution in [0.3, 0.4) is 0 Å². The van der Waals surface area contributed by atoms with Gasteiger partial charge in [-0.3, -0.25) is 14.4 Å². The van der Waals surface area contributed by atoms with Crippen molar-refractivity contribution in [3.05, 3.63) is 35.4 Å². The first-order chi connectivity index (χ1) is 11.7. The molecule has 1 aliphatic carbocycles. The highest BCUT2D eigenvalue weighted by molar-refractivity contribution is 5.95. The fraction of sp³-hybridized carbons (Fsp3) is 0.526. The number of aliphatic carboxylic acids is 1. The molecule has 0 radical (unpaired) electrons. The maximum absolute atomic E-state index is 12.4. The number of hydrogen-bond donors (Lipinski definition) is 2. The molecule has 136 valence electrons. The molecule has 0 spiro atoms. The summed E-state index contributed by atoms with van der Waals surface area (Å²) in [5.41, 5.74) is 0.834. The molecule has 2 amide bonds. The quantitative estimate of drug-likeness (QED) is 0.794. The maximum Gasteiger partial charge on any atom is 0.305 e. The van der Waals surface area contributed by atoms with Crippen molar-refractivity contribution in [2.24, 2.45) is 5.92 Å². The van der Waals surface area contributed by atoms with Crippen LogP contribution >= 0.6 is 0 Å². The van der Waals surface area contributed by atoms with Crippen LogP contribution in [0.5, 0.6) is 0 Å². The van der Waals surface area contributed by atoms with Crippen molar-refractivity contribution in [3.8, 4) is 0 Å². The summed E-state index contributed by atoms with van der Waals surface area (Å²) in [5, 5.41) is 11.9. The molecule has 0 aliphatic heterocycles. The topological polar surface area (TPSA) is 86.7 Å². The molecular weight excluding hydrogens is 320 g/mol. The van der Waals surface area contributed by atoms with Gasteiger partial charge in [0.2, 0.25) is 5.91 Å². The largest absolute Gasteiger partial charge is 0.481 e. The lowest BCUT2D eigenvalue weighted by Crippen LogP contribution is -2.54. The van der Waals surface area contributed by atoms with Gasteiger partial charge in [-0.2, -0.15) is 0 Å². The van der Waals surface area contributed by atoms with E-state index in [1.54, 1.807) is 24.1 Å². The fourth-order valence-corrected chi connectivity index (χ4v) is 3.11. The van der Waals surface area contributed by atoms with Crippen molar-refractivity contribution in [3.63, 3.8) is 0 Å². The zero-order valence-electron chi connectivity index (χ0n) is 15.0. The molecule has 0 bridgehead atoms. The number of amides is 2. The maximum atomic E-state index is 12.4. The van der Waals surface area contributed by atoms with Crippen molar-refractivity contribution in [1.82, 2.24) is 10.2 Å². The minimum Gasteiger partial charge on any atom is -0.481 e. The zero-order valence-corrected chi connectivity index (χ0v) is 15.0. The van der Waals surface area contributed by atoms with E-state index in [4.69, 9.17) is 5.11 Å². The first-order valence-corrected chi connectivity index (χ1v) is 8.61. The second-order valence-electron chi connectivity index (χ2n) is 7.20. The Morgan fingerprint density at radius 1 is 1.20 bits per heavy atom. The number of carbonyl (C=O) groups excluding carboxylic acids is 2. The van der Waals surface area contributed by atoms with Gasteiger partial charge in [-0.05, 0) is 37.0 Å². The molecule has 0 unspecified atom stereocenters. The smallest absolute Gasteiger partial charge is 0.305 e. The Morgan fingerprint density at radius 2 is 1.80 bits per heavy atom. The lowest BCUT2D eigenvalue weighted by atomic mass is 9.74. The van der Waals surface area contributed by atoms with Crippen LogP contribution in [-0.2, 0) is 16.1 Å². The van der Waals surface area contributed by atoms with Crippen LogP contribution < -0.4 is 5.32 Å². The number of rotatable bonds is 7. The Morgan fingerprint density at radius 3 is 2.24 bits per heavy atom. The van der Waals surface area contributed by atoms with Gasteiger partial charge in [-0.15, -0.1) is 0 Å². The number of carboxylic acids is 1. The Kier molecular flexibility index (Phi) is 5.82. The van der Waals surface area contributed by atoms with Gasteiger partial charge in [0.15, 0.2) is 0 Å². The minimum atomic E-state index is -0.895. The van der Waals surface area contributed by atoms with Gasteiger partial charge < -0.3 is 15.3 Å². The lowest BCUT2D eigenvalue weighted by Gasteiger charge is -2.41. The number of nitrogens with zero attached hydrogens (tertiary/aromatic N) is 1. The third-order valence-electron chi connectivity index (χ3n) is 4.68. The van der Waals surface area contributed by atoms with E-state index in [-0.39, 0.29) is 24.2 Å². The first-order valence-electron chi connectivity index (χ1n) is 8.61. The van der Waals surface area contributed by atoms with Crippen LogP contribution in [0.4, 0.5) is 0 Å². The van der Waals surface area contributed by atoms with Crippen LogP contribution in [0.2, 0.25) is 0 Å². The van der Waals surface area contributed by atoms with Gasteiger partial charge in [-0.1, -0.05) is 26.0 Å². The molecule has 1 aliphatic rings. The Hall–Kier alpha value is -2.37. The number of benzene rings is 1. The summed E-state index contributed by atoms with van der Waals surface area (Å²) in [6.07, 6.45) is 2.29. The van der Waals surface area contributed by atoms with Gasteiger partial charge in [0.05, 0.1) is 12.0 Å².